The van der Waals surface area contributed by atoms with Crippen LogP contribution in [0.5, 0.6) is 0 Å². The fourth-order valence-corrected chi connectivity index (χ4v) is 5.05. The van der Waals surface area contributed by atoms with Gasteiger partial charge in [0.05, 0.1) is 30.6 Å². The molecule has 9 nitrogen and oxygen atoms in total. The molecule has 1 atom stereocenters. The Morgan fingerprint density at radius 2 is 2.03 bits per heavy atom. The van der Waals surface area contributed by atoms with Crippen LogP contribution in [-0.4, -0.2) is 61.9 Å². The Bertz CT molecular complexity index is 1470. The smallest absolute Gasteiger partial charge is 0.308 e. The zero-order chi connectivity index (χ0) is 26.1. The molecule has 4 aromatic rings. The van der Waals surface area contributed by atoms with Crippen molar-refractivity contribution in [1.29, 1.82) is 0 Å². The van der Waals surface area contributed by atoms with Crippen molar-refractivity contribution in [2.24, 2.45) is 0 Å². The quantitative estimate of drug-likeness (QED) is 0.355. The summed E-state index contributed by atoms with van der Waals surface area (Å²) in [5.74, 6) is 0.0452. The second kappa shape index (κ2) is 10.4. The molecule has 1 saturated heterocycles. The van der Waals surface area contributed by atoms with Crippen LogP contribution in [0.25, 0.3) is 21.8 Å². The lowest BCUT2D eigenvalue weighted by Gasteiger charge is -2.41. The number of benzene rings is 2. The van der Waals surface area contributed by atoms with Gasteiger partial charge in [0.1, 0.15) is 12.1 Å². The van der Waals surface area contributed by atoms with Gasteiger partial charge in [-0.1, -0.05) is 17.7 Å². The van der Waals surface area contributed by atoms with Gasteiger partial charge in [0.15, 0.2) is 0 Å². The third kappa shape index (κ3) is 5.68. The molecule has 0 unspecified atom stereocenters. The van der Waals surface area contributed by atoms with Crippen molar-refractivity contribution in [3.8, 4) is 0 Å². The van der Waals surface area contributed by atoms with Gasteiger partial charge in [-0.15, -0.1) is 0 Å². The molecule has 37 heavy (non-hydrogen) atoms. The molecule has 0 spiro atoms. The van der Waals surface area contributed by atoms with E-state index in [1.54, 1.807) is 4.90 Å². The number of piperazine rings is 1. The summed E-state index contributed by atoms with van der Waals surface area (Å²) in [6.07, 6.45) is 1.32. The third-order valence-corrected chi connectivity index (χ3v) is 6.71. The number of carbonyl (C=O) groups excluding carboxylic acids is 2. The molecule has 1 amide bonds. The van der Waals surface area contributed by atoms with E-state index in [0.29, 0.717) is 36.0 Å². The first-order valence-corrected chi connectivity index (χ1v) is 12.6. The number of amides is 1. The SMILES string of the molecule is CC(C)OC(=O)C[C@H]1CN(Cc2cc3cc(Cl)ccc3[nH]2)CC(=O)N1Cc1ccc2c(N)ncnc2c1. The molecule has 0 radical (unpaired) electrons. The monoisotopic (exact) mass is 520 g/mol. The van der Waals surface area contributed by atoms with E-state index in [0.717, 1.165) is 27.5 Å². The van der Waals surface area contributed by atoms with Crippen LogP contribution in [-0.2, 0) is 27.4 Å². The average molecular weight is 521 g/mol. The van der Waals surface area contributed by atoms with Crippen molar-refractivity contribution in [3.05, 3.63) is 65.1 Å². The highest BCUT2D eigenvalue weighted by Crippen LogP contribution is 2.25. The average Bonchev–Trinajstić information content (AvgIpc) is 3.22. The van der Waals surface area contributed by atoms with Gasteiger partial charge in [-0.05, 0) is 55.8 Å². The summed E-state index contributed by atoms with van der Waals surface area (Å²) >= 11 is 6.13. The number of nitrogens with two attached hydrogens (primary N) is 1. The normalized spacial score (nSPS) is 16.7. The first kappa shape index (κ1) is 25.0. The molecule has 2 aromatic heterocycles. The van der Waals surface area contributed by atoms with Crippen molar-refractivity contribution < 1.29 is 14.3 Å². The fraction of sp³-hybridized carbons (Fsp3) is 0.333. The number of anilines is 1. The molecule has 0 saturated carbocycles. The predicted molar refractivity (Wildman–Crippen MR) is 143 cm³/mol. The van der Waals surface area contributed by atoms with Crippen LogP contribution in [0, 0.1) is 0 Å². The molecule has 3 N–H and O–H groups in total. The third-order valence-electron chi connectivity index (χ3n) is 6.48. The zero-order valence-corrected chi connectivity index (χ0v) is 21.5. The number of carbonyl (C=O) groups is 2. The first-order chi connectivity index (χ1) is 17.7. The van der Waals surface area contributed by atoms with Crippen molar-refractivity contribution >= 4 is 51.1 Å². The molecule has 1 fully saturated rings. The summed E-state index contributed by atoms with van der Waals surface area (Å²) in [5.41, 5.74) is 9.54. The van der Waals surface area contributed by atoms with E-state index in [1.165, 1.54) is 6.33 Å². The Morgan fingerprint density at radius 3 is 2.84 bits per heavy atom. The summed E-state index contributed by atoms with van der Waals surface area (Å²) < 4.78 is 5.42. The lowest BCUT2D eigenvalue weighted by molar-refractivity contribution is -0.152. The highest BCUT2D eigenvalue weighted by Gasteiger charge is 2.34. The zero-order valence-electron chi connectivity index (χ0n) is 20.8. The second-order valence-corrected chi connectivity index (χ2v) is 10.2. The van der Waals surface area contributed by atoms with Gasteiger partial charge < -0.3 is 20.4 Å². The molecule has 0 bridgehead atoms. The van der Waals surface area contributed by atoms with Gasteiger partial charge >= 0.3 is 5.97 Å². The van der Waals surface area contributed by atoms with E-state index >= 15 is 0 Å². The van der Waals surface area contributed by atoms with Crippen LogP contribution < -0.4 is 5.73 Å². The Kier molecular flexibility index (Phi) is 6.99. The minimum Gasteiger partial charge on any atom is -0.463 e. The summed E-state index contributed by atoms with van der Waals surface area (Å²) in [6.45, 7) is 5.33. The molecule has 2 aromatic carbocycles. The molecular formula is C27H29ClN6O3. The number of nitrogens with one attached hydrogen (secondary N) is 1. The van der Waals surface area contributed by atoms with E-state index in [-0.39, 0.29) is 37.0 Å². The molecule has 0 aliphatic carbocycles. The number of nitrogens with zero attached hydrogens (tertiary/aromatic N) is 4. The minimum absolute atomic E-state index is 0.0462. The number of rotatable bonds is 7. The van der Waals surface area contributed by atoms with Crippen LogP contribution in [0.15, 0.2) is 48.8 Å². The molecule has 1 aliphatic rings. The number of esters is 1. The molecule has 192 valence electrons. The van der Waals surface area contributed by atoms with E-state index in [4.69, 9.17) is 22.1 Å². The lowest BCUT2D eigenvalue weighted by atomic mass is 10.0. The summed E-state index contributed by atoms with van der Waals surface area (Å²) in [5, 5.41) is 2.46. The van der Waals surface area contributed by atoms with Crippen molar-refractivity contribution in [3.63, 3.8) is 0 Å². The van der Waals surface area contributed by atoms with Crippen molar-refractivity contribution in [1.82, 2.24) is 24.8 Å². The van der Waals surface area contributed by atoms with Gasteiger partial charge in [-0.25, -0.2) is 9.97 Å². The number of hydrogen-bond acceptors (Lipinski definition) is 7. The van der Waals surface area contributed by atoms with Gasteiger partial charge in [0.25, 0.3) is 0 Å². The number of fused-ring (bicyclic) bond motifs is 2. The largest absolute Gasteiger partial charge is 0.463 e. The second-order valence-electron chi connectivity index (χ2n) is 9.72. The Balaban J connectivity index is 1.37. The van der Waals surface area contributed by atoms with E-state index in [2.05, 4.69) is 19.9 Å². The highest BCUT2D eigenvalue weighted by atomic mass is 35.5. The molecule has 10 heteroatoms. The Labute approximate surface area is 219 Å². The number of aromatic amines is 1. The summed E-state index contributed by atoms with van der Waals surface area (Å²) in [7, 11) is 0. The lowest BCUT2D eigenvalue weighted by Crippen LogP contribution is -2.56. The number of ether oxygens (including phenoxy) is 1. The van der Waals surface area contributed by atoms with Gasteiger partial charge in [-0.2, -0.15) is 0 Å². The highest BCUT2D eigenvalue weighted by molar-refractivity contribution is 6.31. The van der Waals surface area contributed by atoms with Gasteiger partial charge in [0, 0.05) is 46.6 Å². The van der Waals surface area contributed by atoms with Crippen LogP contribution in [0.2, 0.25) is 5.02 Å². The van der Waals surface area contributed by atoms with Crippen LogP contribution in [0.3, 0.4) is 0 Å². The first-order valence-electron chi connectivity index (χ1n) is 12.2. The standard InChI is InChI=1S/C27H29ClN6O3/c1-16(2)37-26(36)10-21-13-33(12-20-9-18-8-19(28)4-6-23(18)32-20)14-25(35)34(21)11-17-3-5-22-24(7-17)30-15-31-27(22)29/h3-9,15-16,21,32H,10-14H2,1-2H3,(H2,29,30,31)/t21-/m0/s1. The molecule has 5 rings (SSSR count). The molecule has 3 heterocycles. The van der Waals surface area contributed by atoms with Crippen LogP contribution >= 0.6 is 11.6 Å². The minimum atomic E-state index is -0.336. The van der Waals surface area contributed by atoms with Gasteiger partial charge in [0.2, 0.25) is 5.91 Å². The maximum Gasteiger partial charge on any atom is 0.308 e. The Morgan fingerprint density at radius 1 is 1.19 bits per heavy atom. The number of aromatic nitrogens is 3. The maximum atomic E-state index is 13.4. The van der Waals surface area contributed by atoms with Crippen molar-refractivity contribution in [2.45, 2.75) is 45.5 Å². The van der Waals surface area contributed by atoms with Crippen LogP contribution in [0.4, 0.5) is 5.82 Å². The van der Waals surface area contributed by atoms with Crippen LogP contribution in [0.1, 0.15) is 31.5 Å². The predicted octanol–water partition coefficient (Wildman–Crippen LogP) is 3.90. The van der Waals surface area contributed by atoms with Crippen molar-refractivity contribution in [2.75, 3.05) is 18.8 Å². The fourth-order valence-electron chi connectivity index (χ4n) is 4.87. The maximum absolute atomic E-state index is 13.4. The number of hydrogen-bond donors (Lipinski definition) is 2. The summed E-state index contributed by atoms with van der Waals surface area (Å²) in [6, 6.07) is 13.1. The number of nitrogen functional groups attached to an aromatic ring is 1. The topological polar surface area (TPSA) is 117 Å². The Hall–Kier alpha value is -3.69. The molecular weight excluding hydrogens is 492 g/mol. The number of halogens is 1. The molecule has 1 aliphatic heterocycles. The van der Waals surface area contributed by atoms with E-state index in [1.807, 2.05) is 56.3 Å². The van der Waals surface area contributed by atoms with E-state index < -0.39 is 0 Å². The van der Waals surface area contributed by atoms with E-state index in [9.17, 15) is 9.59 Å². The number of H-pyrrole nitrogens is 1. The van der Waals surface area contributed by atoms with Gasteiger partial charge in [-0.3, -0.25) is 14.5 Å². The summed E-state index contributed by atoms with van der Waals surface area (Å²) in [4.78, 5) is 41.6.